The highest BCUT2D eigenvalue weighted by Gasteiger charge is 2.17. The van der Waals surface area contributed by atoms with Crippen LogP contribution in [0.25, 0.3) is 5.69 Å². The lowest BCUT2D eigenvalue weighted by atomic mass is 10.0. The van der Waals surface area contributed by atoms with Gasteiger partial charge >= 0.3 is 0 Å². The Labute approximate surface area is 161 Å². The van der Waals surface area contributed by atoms with Gasteiger partial charge in [0.2, 0.25) is 5.16 Å². The molecule has 3 aromatic rings. The quantitative estimate of drug-likeness (QED) is 0.482. The summed E-state index contributed by atoms with van der Waals surface area (Å²) in [5, 5.41) is 12.5. The number of fused-ring (bicyclic) bond motifs is 1. The van der Waals surface area contributed by atoms with Crippen LogP contribution in [-0.2, 0) is 12.8 Å². The third-order valence-electron chi connectivity index (χ3n) is 4.76. The van der Waals surface area contributed by atoms with Crippen molar-refractivity contribution in [1.29, 1.82) is 0 Å². The van der Waals surface area contributed by atoms with Crippen molar-refractivity contribution >= 4 is 17.5 Å². The van der Waals surface area contributed by atoms with Crippen LogP contribution in [0.3, 0.4) is 0 Å². The average molecular weight is 380 g/mol. The van der Waals surface area contributed by atoms with Crippen molar-refractivity contribution in [3.05, 3.63) is 58.7 Å². The molecule has 4 rings (SSSR count). The Kier molecular flexibility index (Phi) is 4.94. The third kappa shape index (κ3) is 3.60. The number of benzene rings is 2. The van der Waals surface area contributed by atoms with E-state index in [2.05, 4.69) is 21.6 Å². The largest absolute Gasteiger partial charge is 0.494 e. The van der Waals surface area contributed by atoms with Crippen molar-refractivity contribution in [2.45, 2.75) is 31.3 Å². The Balaban J connectivity index is 1.53. The molecule has 0 saturated carbocycles. The van der Waals surface area contributed by atoms with Crippen molar-refractivity contribution in [1.82, 2.24) is 20.2 Å². The van der Waals surface area contributed by atoms with Crippen LogP contribution in [0, 0.1) is 6.92 Å². The van der Waals surface area contributed by atoms with Gasteiger partial charge in [0.15, 0.2) is 5.78 Å². The van der Waals surface area contributed by atoms with Gasteiger partial charge in [-0.15, -0.1) is 5.10 Å². The van der Waals surface area contributed by atoms with Gasteiger partial charge in [0.25, 0.3) is 0 Å². The Morgan fingerprint density at radius 1 is 1.19 bits per heavy atom. The Morgan fingerprint density at radius 2 is 2.04 bits per heavy atom. The molecule has 0 fully saturated rings. The van der Waals surface area contributed by atoms with Crippen LogP contribution in [-0.4, -0.2) is 38.9 Å². The summed E-state index contributed by atoms with van der Waals surface area (Å²) >= 11 is 1.33. The predicted octanol–water partition coefficient (Wildman–Crippen LogP) is 3.44. The molecule has 0 N–H and O–H groups in total. The van der Waals surface area contributed by atoms with E-state index in [1.807, 2.05) is 37.3 Å². The SMILES string of the molecule is COc1ccc(C)cc1-n1nnnc1SCC(=O)c1ccc2c(c1)CCC2. The first-order valence-electron chi connectivity index (χ1n) is 8.87. The highest BCUT2D eigenvalue weighted by Crippen LogP contribution is 2.28. The predicted molar refractivity (Wildman–Crippen MR) is 104 cm³/mol. The molecule has 0 unspecified atom stereocenters. The fourth-order valence-corrected chi connectivity index (χ4v) is 4.12. The number of carbonyl (C=O) groups is 1. The molecule has 0 bridgehead atoms. The van der Waals surface area contributed by atoms with Crippen LogP contribution in [0.4, 0.5) is 0 Å². The molecule has 0 atom stereocenters. The van der Waals surface area contributed by atoms with Gasteiger partial charge in [0.1, 0.15) is 11.4 Å². The smallest absolute Gasteiger partial charge is 0.214 e. The maximum atomic E-state index is 12.6. The van der Waals surface area contributed by atoms with E-state index in [9.17, 15) is 4.79 Å². The first kappa shape index (κ1) is 17.7. The van der Waals surface area contributed by atoms with E-state index >= 15 is 0 Å². The lowest BCUT2D eigenvalue weighted by Crippen LogP contribution is -2.06. The van der Waals surface area contributed by atoms with Crippen molar-refractivity contribution in [3.8, 4) is 11.4 Å². The molecule has 27 heavy (non-hydrogen) atoms. The van der Waals surface area contributed by atoms with Gasteiger partial charge in [0.05, 0.1) is 12.9 Å². The topological polar surface area (TPSA) is 69.9 Å². The second-order valence-corrected chi connectivity index (χ2v) is 7.54. The number of thioether (sulfide) groups is 1. The minimum absolute atomic E-state index is 0.0838. The number of aromatic nitrogens is 4. The van der Waals surface area contributed by atoms with Crippen molar-refractivity contribution in [2.24, 2.45) is 0 Å². The number of nitrogens with zero attached hydrogens (tertiary/aromatic N) is 4. The second kappa shape index (κ2) is 7.52. The maximum Gasteiger partial charge on any atom is 0.214 e. The molecule has 1 heterocycles. The van der Waals surface area contributed by atoms with Crippen LogP contribution in [0.1, 0.15) is 33.5 Å². The lowest BCUT2D eigenvalue weighted by Gasteiger charge is -2.10. The molecule has 0 amide bonds. The number of hydrogen-bond donors (Lipinski definition) is 0. The summed E-state index contributed by atoms with van der Waals surface area (Å²) in [6.45, 7) is 2.00. The zero-order valence-electron chi connectivity index (χ0n) is 15.3. The zero-order chi connectivity index (χ0) is 18.8. The van der Waals surface area contributed by atoms with Crippen LogP contribution in [0.2, 0.25) is 0 Å². The van der Waals surface area contributed by atoms with Crippen LogP contribution in [0.15, 0.2) is 41.6 Å². The van der Waals surface area contributed by atoms with E-state index in [1.54, 1.807) is 11.8 Å². The number of carbonyl (C=O) groups excluding carboxylic acids is 1. The standard InChI is InChI=1S/C20H20N4O2S/c1-13-6-9-19(26-2)17(10-13)24-20(21-22-23-24)27-12-18(25)16-8-7-14-4-3-5-15(14)11-16/h6-11H,3-5,12H2,1-2H3. The van der Waals surface area contributed by atoms with Crippen molar-refractivity contribution in [3.63, 3.8) is 0 Å². The third-order valence-corrected chi connectivity index (χ3v) is 5.68. The Hall–Kier alpha value is -2.67. The van der Waals surface area contributed by atoms with Crippen LogP contribution in [0.5, 0.6) is 5.75 Å². The van der Waals surface area contributed by atoms with Crippen molar-refractivity contribution < 1.29 is 9.53 Å². The molecular weight excluding hydrogens is 360 g/mol. The molecule has 2 aromatic carbocycles. The Morgan fingerprint density at radius 3 is 2.89 bits per heavy atom. The molecule has 7 heteroatoms. The monoisotopic (exact) mass is 380 g/mol. The summed E-state index contributed by atoms with van der Waals surface area (Å²) in [6.07, 6.45) is 3.36. The van der Waals surface area contributed by atoms with Gasteiger partial charge in [-0.3, -0.25) is 4.79 Å². The summed E-state index contributed by atoms with van der Waals surface area (Å²) in [4.78, 5) is 12.6. The number of hydrogen-bond acceptors (Lipinski definition) is 6. The van der Waals surface area contributed by atoms with Gasteiger partial charge in [-0.05, 0) is 71.5 Å². The number of rotatable bonds is 6. The van der Waals surface area contributed by atoms with Gasteiger partial charge in [0, 0.05) is 5.56 Å². The molecule has 1 aliphatic carbocycles. The van der Waals surface area contributed by atoms with E-state index in [4.69, 9.17) is 4.74 Å². The summed E-state index contributed by atoms with van der Waals surface area (Å²) in [5.74, 6) is 1.05. The number of ether oxygens (including phenoxy) is 1. The van der Waals surface area contributed by atoms with Crippen molar-refractivity contribution in [2.75, 3.05) is 12.9 Å². The second-order valence-electron chi connectivity index (χ2n) is 6.60. The molecule has 0 spiro atoms. The van der Waals surface area contributed by atoms with Gasteiger partial charge in [-0.25, -0.2) is 0 Å². The Bertz CT molecular complexity index is 999. The minimum Gasteiger partial charge on any atom is -0.494 e. The van der Waals surface area contributed by atoms with Crippen LogP contribution < -0.4 is 4.74 Å². The normalized spacial score (nSPS) is 12.8. The van der Waals surface area contributed by atoms with Crippen LogP contribution >= 0.6 is 11.8 Å². The van der Waals surface area contributed by atoms with Gasteiger partial charge < -0.3 is 4.74 Å². The van der Waals surface area contributed by atoms with Gasteiger partial charge in [-0.2, -0.15) is 4.68 Å². The first-order chi connectivity index (χ1) is 13.2. The van der Waals surface area contributed by atoms with E-state index in [0.717, 1.165) is 29.7 Å². The zero-order valence-corrected chi connectivity index (χ0v) is 16.1. The molecule has 0 aliphatic heterocycles. The molecule has 0 radical (unpaired) electrons. The molecular formula is C20H20N4O2S. The van der Waals surface area contributed by atoms with E-state index in [-0.39, 0.29) is 11.5 Å². The van der Waals surface area contributed by atoms with E-state index in [1.165, 1.54) is 29.3 Å². The molecule has 6 nitrogen and oxygen atoms in total. The minimum atomic E-state index is 0.0838. The number of Topliss-reactive ketones (excluding diaryl/α,β-unsaturated/α-hetero) is 1. The first-order valence-corrected chi connectivity index (χ1v) is 9.85. The molecule has 1 aliphatic rings. The van der Waals surface area contributed by atoms with E-state index < -0.39 is 0 Å². The number of tetrazole rings is 1. The lowest BCUT2D eigenvalue weighted by molar-refractivity contribution is 0.102. The summed E-state index contributed by atoms with van der Waals surface area (Å²) in [6, 6.07) is 11.9. The fourth-order valence-electron chi connectivity index (χ4n) is 3.34. The fraction of sp³-hybridized carbons (Fsp3) is 0.300. The van der Waals surface area contributed by atoms with Gasteiger partial charge in [-0.1, -0.05) is 30.0 Å². The highest BCUT2D eigenvalue weighted by atomic mass is 32.2. The highest BCUT2D eigenvalue weighted by molar-refractivity contribution is 7.99. The molecule has 1 aromatic heterocycles. The summed E-state index contributed by atoms with van der Waals surface area (Å²) in [5.41, 5.74) is 5.27. The van der Waals surface area contributed by atoms with E-state index in [0.29, 0.717) is 10.9 Å². The maximum absolute atomic E-state index is 12.6. The number of aryl methyl sites for hydroxylation is 3. The summed E-state index contributed by atoms with van der Waals surface area (Å²) < 4.78 is 7.04. The number of ketones is 1. The summed E-state index contributed by atoms with van der Waals surface area (Å²) in [7, 11) is 1.61. The number of methoxy groups -OCH3 is 1. The molecule has 0 saturated heterocycles. The average Bonchev–Trinajstić information content (AvgIpc) is 3.34. The molecule has 138 valence electrons.